The quantitative estimate of drug-likeness (QED) is 0.473. The predicted octanol–water partition coefficient (Wildman–Crippen LogP) is 2.97. The van der Waals surface area contributed by atoms with Gasteiger partial charge in [-0.2, -0.15) is 0 Å². The van der Waals surface area contributed by atoms with Crippen LogP contribution in [0.5, 0.6) is 0 Å². The van der Waals surface area contributed by atoms with Crippen LogP contribution in [0.4, 0.5) is 11.4 Å². The Morgan fingerprint density at radius 2 is 2.16 bits per heavy atom. The number of halogens is 2. The zero-order chi connectivity index (χ0) is 14.6. The Morgan fingerprint density at radius 1 is 1.53 bits per heavy atom. The van der Waals surface area contributed by atoms with Gasteiger partial charge in [-0.3, -0.25) is 14.8 Å². The second kappa shape index (κ2) is 6.53. The minimum absolute atomic E-state index is 0.0602. The van der Waals surface area contributed by atoms with E-state index in [1.165, 1.54) is 18.2 Å². The van der Waals surface area contributed by atoms with Crippen molar-refractivity contribution in [3.63, 3.8) is 0 Å². The maximum Gasteiger partial charge on any atom is 0.294 e. The summed E-state index contributed by atoms with van der Waals surface area (Å²) in [6, 6.07) is 4.10. The first-order chi connectivity index (χ1) is 8.75. The van der Waals surface area contributed by atoms with Crippen molar-refractivity contribution >= 4 is 48.9 Å². The molecule has 0 bridgehead atoms. The van der Waals surface area contributed by atoms with Gasteiger partial charge < -0.3 is 0 Å². The van der Waals surface area contributed by atoms with Crippen molar-refractivity contribution in [1.82, 2.24) is 0 Å². The second-order valence-corrected chi connectivity index (χ2v) is 7.05. The summed E-state index contributed by atoms with van der Waals surface area (Å²) in [7, 11) is -3.67. The molecular formula is C10H12BrClN2O4S. The van der Waals surface area contributed by atoms with Crippen LogP contribution in [0.2, 0.25) is 0 Å². The van der Waals surface area contributed by atoms with Crippen LogP contribution in [0.3, 0.4) is 0 Å². The largest absolute Gasteiger partial charge is 0.294 e. The van der Waals surface area contributed by atoms with Gasteiger partial charge in [-0.1, -0.05) is 22.9 Å². The summed E-state index contributed by atoms with van der Waals surface area (Å²) in [5, 5.41) is 10.9. The van der Waals surface area contributed by atoms with Gasteiger partial charge in [-0.15, -0.1) is 11.6 Å². The molecule has 0 saturated heterocycles. The fraction of sp³-hybridized carbons (Fsp3) is 0.400. The van der Waals surface area contributed by atoms with Crippen LogP contribution in [-0.2, 0) is 10.0 Å². The number of benzene rings is 1. The Labute approximate surface area is 124 Å². The minimum atomic E-state index is -3.67. The third-order valence-corrected chi connectivity index (χ3v) is 4.75. The molecule has 0 aliphatic heterocycles. The molecule has 1 aromatic rings. The van der Waals surface area contributed by atoms with Crippen LogP contribution in [0.15, 0.2) is 22.7 Å². The van der Waals surface area contributed by atoms with E-state index in [0.29, 0.717) is 4.47 Å². The number of anilines is 1. The van der Waals surface area contributed by atoms with E-state index in [-0.39, 0.29) is 28.9 Å². The topological polar surface area (TPSA) is 89.3 Å². The first-order valence-corrected chi connectivity index (χ1v) is 8.23. The van der Waals surface area contributed by atoms with E-state index in [0.717, 1.165) is 0 Å². The maximum absolute atomic E-state index is 11.8. The van der Waals surface area contributed by atoms with E-state index in [9.17, 15) is 18.5 Å². The summed E-state index contributed by atoms with van der Waals surface area (Å²) in [4.78, 5) is 10.2. The molecule has 1 atom stereocenters. The van der Waals surface area contributed by atoms with E-state index >= 15 is 0 Å². The van der Waals surface area contributed by atoms with Gasteiger partial charge in [0.1, 0.15) is 5.69 Å². The molecule has 0 saturated carbocycles. The molecule has 9 heteroatoms. The third-order valence-electron chi connectivity index (χ3n) is 2.19. The van der Waals surface area contributed by atoms with E-state index in [4.69, 9.17) is 11.6 Å². The first kappa shape index (κ1) is 16.2. The Morgan fingerprint density at radius 3 is 2.68 bits per heavy atom. The standard InChI is InChI=1S/C10H12BrClN2O4S/c1-7(5-12)6-19(17,18)13-9-3-2-8(11)4-10(9)14(15)16/h2-4,7,13H,5-6H2,1H3. The molecule has 0 aromatic heterocycles. The van der Waals surface area contributed by atoms with Gasteiger partial charge >= 0.3 is 0 Å². The van der Waals surface area contributed by atoms with Gasteiger partial charge in [0.25, 0.3) is 5.69 Å². The van der Waals surface area contributed by atoms with Crippen LogP contribution in [0.1, 0.15) is 6.92 Å². The number of hydrogen-bond donors (Lipinski definition) is 1. The summed E-state index contributed by atoms with van der Waals surface area (Å²) in [5.41, 5.74) is -0.369. The molecule has 19 heavy (non-hydrogen) atoms. The van der Waals surface area contributed by atoms with Gasteiger partial charge in [0.2, 0.25) is 10.0 Å². The van der Waals surface area contributed by atoms with Gasteiger partial charge in [0.05, 0.1) is 10.7 Å². The minimum Gasteiger partial charge on any atom is -0.277 e. The lowest BCUT2D eigenvalue weighted by molar-refractivity contribution is -0.384. The van der Waals surface area contributed by atoms with E-state index in [1.54, 1.807) is 6.92 Å². The summed E-state index contributed by atoms with van der Waals surface area (Å²) < 4.78 is 26.4. The number of rotatable bonds is 6. The molecule has 0 aliphatic rings. The smallest absolute Gasteiger partial charge is 0.277 e. The summed E-state index contributed by atoms with van der Waals surface area (Å²) in [6.45, 7) is 1.68. The Hall–Kier alpha value is -0.860. The van der Waals surface area contributed by atoms with Gasteiger partial charge in [0.15, 0.2) is 0 Å². The van der Waals surface area contributed by atoms with Gasteiger partial charge in [0, 0.05) is 16.4 Å². The number of alkyl halides is 1. The predicted molar refractivity (Wildman–Crippen MR) is 78.1 cm³/mol. The first-order valence-electron chi connectivity index (χ1n) is 5.25. The summed E-state index contributed by atoms with van der Waals surface area (Å²) in [5.74, 6) is -0.235. The van der Waals surface area contributed by atoms with Crippen LogP contribution in [0.25, 0.3) is 0 Å². The van der Waals surface area contributed by atoms with Crippen LogP contribution in [0, 0.1) is 16.0 Å². The highest BCUT2D eigenvalue weighted by atomic mass is 79.9. The highest BCUT2D eigenvalue weighted by Crippen LogP contribution is 2.28. The molecule has 0 fully saturated rings. The van der Waals surface area contributed by atoms with Crippen molar-refractivity contribution in [2.45, 2.75) is 6.92 Å². The van der Waals surface area contributed by atoms with Crippen LogP contribution >= 0.6 is 27.5 Å². The molecule has 0 amide bonds. The van der Waals surface area contributed by atoms with Crippen molar-refractivity contribution in [2.75, 3.05) is 16.4 Å². The molecule has 1 aromatic carbocycles. The SMILES string of the molecule is CC(CCl)CS(=O)(=O)Nc1ccc(Br)cc1[N+](=O)[O-]. The van der Waals surface area contributed by atoms with E-state index in [2.05, 4.69) is 20.7 Å². The molecule has 1 unspecified atom stereocenters. The van der Waals surface area contributed by atoms with Crippen molar-refractivity contribution in [3.05, 3.63) is 32.8 Å². The molecule has 0 spiro atoms. The van der Waals surface area contributed by atoms with Crippen LogP contribution in [-0.4, -0.2) is 25.0 Å². The molecule has 0 radical (unpaired) electrons. The van der Waals surface area contributed by atoms with Crippen molar-refractivity contribution < 1.29 is 13.3 Å². The fourth-order valence-corrected chi connectivity index (χ4v) is 3.42. The lowest BCUT2D eigenvalue weighted by Crippen LogP contribution is -2.22. The Kier molecular flexibility index (Phi) is 5.57. The second-order valence-electron chi connectivity index (χ2n) is 4.06. The molecular weight excluding hydrogens is 360 g/mol. The average molecular weight is 372 g/mol. The molecule has 1 N–H and O–H groups in total. The average Bonchev–Trinajstić information content (AvgIpc) is 2.30. The van der Waals surface area contributed by atoms with Crippen molar-refractivity contribution in [3.8, 4) is 0 Å². The number of nitrogens with one attached hydrogen (secondary N) is 1. The molecule has 106 valence electrons. The zero-order valence-electron chi connectivity index (χ0n) is 9.97. The number of nitro groups is 1. The molecule has 0 aliphatic carbocycles. The van der Waals surface area contributed by atoms with Crippen molar-refractivity contribution in [1.29, 1.82) is 0 Å². The number of nitrogens with zero attached hydrogens (tertiary/aromatic N) is 1. The number of nitro benzene ring substituents is 1. The highest BCUT2D eigenvalue weighted by molar-refractivity contribution is 9.10. The summed E-state index contributed by atoms with van der Waals surface area (Å²) >= 11 is 8.65. The third kappa shape index (κ3) is 4.96. The molecule has 1 rings (SSSR count). The lowest BCUT2D eigenvalue weighted by atomic mass is 10.3. The van der Waals surface area contributed by atoms with Gasteiger partial charge in [-0.25, -0.2) is 8.42 Å². The highest BCUT2D eigenvalue weighted by Gasteiger charge is 2.21. The number of hydrogen-bond acceptors (Lipinski definition) is 4. The van der Waals surface area contributed by atoms with Crippen LogP contribution < -0.4 is 4.72 Å². The number of sulfonamides is 1. The van der Waals surface area contributed by atoms with E-state index < -0.39 is 14.9 Å². The lowest BCUT2D eigenvalue weighted by Gasteiger charge is -2.11. The molecule has 6 nitrogen and oxygen atoms in total. The van der Waals surface area contributed by atoms with Gasteiger partial charge in [-0.05, 0) is 18.1 Å². The normalized spacial score (nSPS) is 13.0. The maximum atomic E-state index is 11.8. The molecule has 0 heterocycles. The summed E-state index contributed by atoms with van der Waals surface area (Å²) in [6.07, 6.45) is 0. The Balaban J connectivity index is 3.02. The monoisotopic (exact) mass is 370 g/mol. The van der Waals surface area contributed by atoms with E-state index in [1.807, 2.05) is 0 Å². The Bertz CT molecular complexity index is 579. The fourth-order valence-electron chi connectivity index (χ4n) is 1.37. The van der Waals surface area contributed by atoms with Crippen molar-refractivity contribution in [2.24, 2.45) is 5.92 Å². The zero-order valence-corrected chi connectivity index (χ0v) is 13.1.